The topological polar surface area (TPSA) is 65.6 Å². The molecule has 2 aliphatic heterocycles. The molecule has 5 rings (SSSR count). The molecule has 0 spiro atoms. The van der Waals surface area contributed by atoms with Crippen molar-refractivity contribution in [2.75, 3.05) is 26.7 Å². The highest BCUT2D eigenvalue weighted by molar-refractivity contribution is 6.07. The van der Waals surface area contributed by atoms with Gasteiger partial charge in [0.25, 0.3) is 5.91 Å². The second-order valence-corrected chi connectivity index (χ2v) is 7.96. The van der Waals surface area contributed by atoms with Gasteiger partial charge in [-0.3, -0.25) is 9.59 Å². The number of hydrogen-bond acceptors (Lipinski definition) is 3. The maximum Gasteiger partial charge on any atom is 0.256 e. The summed E-state index contributed by atoms with van der Waals surface area (Å²) in [7, 11) is 1.82. The molecular formula is C21H25N3O3. The lowest BCUT2D eigenvalue weighted by Crippen LogP contribution is -2.43. The predicted octanol–water partition coefficient (Wildman–Crippen LogP) is 2.12. The lowest BCUT2D eigenvalue weighted by atomic mass is 9.95. The molecule has 2 atom stereocenters. The number of nitrogens with one attached hydrogen (secondary N) is 1. The van der Waals surface area contributed by atoms with E-state index in [4.69, 9.17) is 4.74 Å². The van der Waals surface area contributed by atoms with Gasteiger partial charge in [0, 0.05) is 31.2 Å². The number of likely N-dealkylation sites (N-methyl/N-ethyl adjacent to an activating group) is 1. The van der Waals surface area contributed by atoms with Crippen molar-refractivity contribution >= 4 is 22.7 Å². The van der Waals surface area contributed by atoms with Crippen molar-refractivity contribution in [2.45, 2.75) is 44.2 Å². The van der Waals surface area contributed by atoms with Crippen molar-refractivity contribution in [2.24, 2.45) is 0 Å². The van der Waals surface area contributed by atoms with E-state index >= 15 is 0 Å². The molecule has 1 aliphatic carbocycles. The van der Waals surface area contributed by atoms with Gasteiger partial charge >= 0.3 is 0 Å². The number of amides is 2. The SMILES string of the molecule is CN1C(=O)CCO[C@H]2CN(C(=O)c3cccc4c5c([nH]c34)CCCC5)C[C@@H]21. The highest BCUT2D eigenvalue weighted by atomic mass is 16.5. The van der Waals surface area contributed by atoms with Crippen molar-refractivity contribution < 1.29 is 14.3 Å². The van der Waals surface area contributed by atoms with E-state index in [0.717, 1.165) is 23.9 Å². The molecule has 1 aromatic heterocycles. The standard InChI is InChI=1S/C21H25N3O3/c1-23-17-11-24(12-18(17)27-10-9-19(23)25)21(26)15-7-4-6-14-13-5-2-3-8-16(13)22-20(14)15/h4,6-7,17-18,22H,2-3,5,8-12H2,1H3/t17-,18-/m0/s1. The van der Waals surface area contributed by atoms with E-state index in [0.29, 0.717) is 26.1 Å². The second-order valence-electron chi connectivity index (χ2n) is 7.96. The minimum Gasteiger partial charge on any atom is -0.374 e. The first-order valence-electron chi connectivity index (χ1n) is 9.92. The van der Waals surface area contributed by atoms with Crippen LogP contribution in [0.15, 0.2) is 18.2 Å². The molecule has 2 amide bonds. The van der Waals surface area contributed by atoms with Crippen LogP contribution >= 0.6 is 0 Å². The third-order valence-electron chi connectivity index (χ3n) is 6.43. The number of aryl methyl sites for hydroxylation is 2. The summed E-state index contributed by atoms with van der Waals surface area (Å²) in [5, 5.41) is 1.19. The van der Waals surface area contributed by atoms with Crippen LogP contribution in [-0.2, 0) is 22.4 Å². The summed E-state index contributed by atoms with van der Waals surface area (Å²) in [4.78, 5) is 32.6. The fraction of sp³-hybridized carbons (Fsp3) is 0.524. The van der Waals surface area contributed by atoms with Gasteiger partial charge in [0.2, 0.25) is 5.91 Å². The molecule has 6 heteroatoms. The first-order chi connectivity index (χ1) is 13.1. The number of H-pyrrole nitrogens is 1. The number of fused-ring (bicyclic) bond motifs is 4. The Morgan fingerprint density at radius 2 is 2.04 bits per heavy atom. The smallest absolute Gasteiger partial charge is 0.256 e. The average molecular weight is 367 g/mol. The Balaban J connectivity index is 1.47. The molecule has 6 nitrogen and oxygen atoms in total. The lowest BCUT2D eigenvalue weighted by molar-refractivity contribution is -0.131. The molecule has 0 bridgehead atoms. The predicted molar refractivity (Wildman–Crippen MR) is 102 cm³/mol. The van der Waals surface area contributed by atoms with Gasteiger partial charge in [-0.25, -0.2) is 0 Å². The number of benzene rings is 1. The first kappa shape index (κ1) is 16.8. The fourth-order valence-electron chi connectivity index (χ4n) is 4.90. The summed E-state index contributed by atoms with van der Waals surface area (Å²) >= 11 is 0. The van der Waals surface area contributed by atoms with E-state index in [1.54, 1.807) is 4.90 Å². The van der Waals surface area contributed by atoms with Crippen LogP contribution in [0.4, 0.5) is 0 Å². The Morgan fingerprint density at radius 3 is 2.93 bits per heavy atom. The number of carbonyl (C=O) groups excluding carboxylic acids is 2. The van der Waals surface area contributed by atoms with Crippen LogP contribution in [-0.4, -0.2) is 65.5 Å². The second kappa shape index (κ2) is 6.37. The zero-order valence-electron chi connectivity index (χ0n) is 15.7. The molecule has 2 aromatic rings. The van der Waals surface area contributed by atoms with Crippen molar-refractivity contribution in [1.29, 1.82) is 0 Å². The molecule has 2 saturated heterocycles. The Morgan fingerprint density at radius 1 is 1.19 bits per heavy atom. The van der Waals surface area contributed by atoms with E-state index in [1.807, 2.05) is 24.1 Å². The summed E-state index contributed by atoms with van der Waals surface area (Å²) in [6.45, 7) is 1.51. The number of para-hydroxylation sites is 1. The summed E-state index contributed by atoms with van der Waals surface area (Å²) in [5.74, 6) is 0.118. The third kappa shape index (κ3) is 2.65. The molecule has 0 radical (unpaired) electrons. The average Bonchev–Trinajstić information content (AvgIpc) is 3.25. The van der Waals surface area contributed by atoms with Gasteiger partial charge in [0.15, 0.2) is 0 Å². The van der Waals surface area contributed by atoms with Crippen LogP contribution in [0, 0.1) is 0 Å². The van der Waals surface area contributed by atoms with Gasteiger partial charge in [0.1, 0.15) is 0 Å². The zero-order chi connectivity index (χ0) is 18.5. The normalized spacial score (nSPS) is 25.4. The van der Waals surface area contributed by atoms with Crippen LogP contribution in [0.3, 0.4) is 0 Å². The van der Waals surface area contributed by atoms with E-state index in [9.17, 15) is 9.59 Å². The molecule has 1 aromatic carbocycles. The van der Waals surface area contributed by atoms with Gasteiger partial charge in [-0.15, -0.1) is 0 Å². The Bertz CT molecular complexity index is 919. The summed E-state index contributed by atoms with van der Waals surface area (Å²) < 4.78 is 5.87. The van der Waals surface area contributed by atoms with Gasteiger partial charge in [0.05, 0.1) is 36.3 Å². The van der Waals surface area contributed by atoms with Gasteiger partial charge in [-0.1, -0.05) is 12.1 Å². The molecule has 0 saturated carbocycles. The molecule has 2 fully saturated rings. The number of nitrogens with zero attached hydrogens (tertiary/aromatic N) is 2. The monoisotopic (exact) mass is 367 g/mol. The molecule has 0 unspecified atom stereocenters. The zero-order valence-corrected chi connectivity index (χ0v) is 15.7. The van der Waals surface area contributed by atoms with Gasteiger partial charge < -0.3 is 19.5 Å². The molecule has 1 N–H and O–H groups in total. The minimum absolute atomic E-state index is 0.0247. The number of rotatable bonds is 1. The molecule has 27 heavy (non-hydrogen) atoms. The largest absolute Gasteiger partial charge is 0.374 e. The third-order valence-corrected chi connectivity index (χ3v) is 6.43. The molecule has 3 heterocycles. The van der Waals surface area contributed by atoms with Crippen LogP contribution in [0.1, 0.15) is 40.9 Å². The first-order valence-corrected chi connectivity index (χ1v) is 9.92. The summed E-state index contributed by atoms with van der Waals surface area (Å²) in [6.07, 6.45) is 4.89. The van der Waals surface area contributed by atoms with Crippen molar-refractivity contribution in [3.05, 3.63) is 35.0 Å². The van der Waals surface area contributed by atoms with Crippen molar-refractivity contribution in [3.8, 4) is 0 Å². The van der Waals surface area contributed by atoms with Crippen molar-refractivity contribution in [1.82, 2.24) is 14.8 Å². The quantitative estimate of drug-likeness (QED) is 0.840. The van der Waals surface area contributed by atoms with E-state index < -0.39 is 0 Å². The van der Waals surface area contributed by atoms with Crippen LogP contribution in [0.25, 0.3) is 10.9 Å². The minimum atomic E-state index is -0.0959. The molecule has 3 aliphatic rings. The van der Waals surface area contributed by atoms with E-state index in [-0.39, 0.29) is 24.0 Å². The molecule has 142 valence electrons. The summed E-state index contributed by atoms with van der Waals surface area (Å²) in [5.41, 5.74) is 4.36. The Kier molecular flexibility index (Phi) is 3.97. The highest BCUT2D eigenvalue weighted by Crippen LogP contribution is 2.32. The fourth-order valence-corrected chi connectivity index (χ4v) is 4.90. The lowest BCUT2D eigenvalue weighted by Gasteiger charge is -2.25. The number of aromatic amines is 1. The number of aromatic nitrogens is 1. The maximum absolute atomic E-state index is 13.3. The molecular weight excluding hydrogens is 342 g/mol. The van der Waals surface area contributed by atoms with Gasteiger partial charge in [-0.2, -0.15) is 0 Å². The Hall–Kier alpha value is -2.34. The van der Waals surface area contributed by atoms with Crippen LogP contribution in [0.5, 0.6) is 0 Å². The van der Waals surface area contributed by atoms with Gasteiger partial charge in [-0.05, 0) is 37.3 Å². The summed E-state index contributed by atoms with van der Waals surface area (Å²) in [6, 6.07) is 5.96. The number of likely N-dealkylation sites (tertiary alicyclic amines) is 1. The maximum atomic E-state index is 13.3. The van der Waals surface area contributed by atoms with E-state index in [1.165, 1.54) is 29.5 Å². The number of carbonyl (C=O) groups is 2. The van der Waals surface area contributed by atoms with Crippen molar-refractivity contribution in [3.63, 3.8) is 0 Å². The van der Waals surface area contributed by atoms with Crippen LogP contribution < -0.4 is 0 Å². The van der Waals surface area contributed by atoms with E-state index in [2.05, 4.69) is 11.1 Å². The number of hydrogen-bond donors (Lipinski definition) is 1. The highest BCUT2D eigenvalue weighted by Gasteiger charge is 2.42. The van der Waals surface area contributed by atoms with Crippen LogP contribution in [0.2, 0.25) is 0 Å². The number of ether oxygens (including phenoxy) is 1. The Labute approximate surface area is 158 Å².